The van der Waals surface area contributed by atoms with E-state index in [0.717, 1.165) is 60.6 Å². The number of ether oxygens (including phenoxy) is 1. The molecule has 0 spiro atoms. The molecule has 3 fully saturated rings. The molecule has 0 radical (unpaired) electrons. The van der Waals surface area contributed by atoms with Gasteiger partial charge in [-0.25, -0.2) is 9.78 Å². The molecule has 3 aliphatic carbocycles. The van der Waals surface area contributed by atoms with Gasteiger partial charge in [-0.05, 0) is 74.5 Å². The first-order chi connectivity index (χ1) is 17.1. The van der Waals surface area contributed by atoms with Gasteiger partial charge in [0.05, 0.1) is 12.8 Å². The van der Waals surface area contributed by atoms with E-state index in [1.165, 1.54) is 6.20 Å². The number of esters is 1. The van der Waals surface area contributed by atoms with E-state index in [-0.39, 0.29) is 22.6 Å². The van der Waals surface area contributed by atoms with Crippen LogP contribution in [0.1, 0.15) is 81.8 Å². The van der Waals surface area contributed by atoms with Crippen LogP contribution in [0.5, 0.6) is 0 Å². The van der Waals surface area contributed by atoms with Gasteiger partial charge in [-0.15, -0.1) is 0 Å². The highest BCUT2D eigenvalue weighted by Gasteiger charge is 2.60. The quantitative estimate of drug-likeness (QED) is 0.482. The van der Waals surface area contributed by atoms with Crippen molar-refractivity contribution < 1.29 is 19.1 Å². The lowest BCUT2D eigenvalue weighted by molar-refractivity contribution is -0.136. The van der Waals surface area contributed by atoms with Gasteiger partial charge in [-0.3, -0.25) is 9.59 Å². The van der Waals surface area contributed by atoms with Gasteiger partial charge in [0.1, 0.15) is 4.88 Å². The van der Waals surface area contributed by atoms with Crippen LogP contribution < -0.4 is 5.32 Å². The van der Waals surface area contributed by atoms with Gasteiger partial charge in [0, 0.05) is 36.0 Å². The Hall–Kier alpha value is -1.93. The van der Waals surface area contributed by atoms with Crippen molar-refractivity contribution in [2.45, 2.75) is 72.1 Å². The Kier molecular flexibility index (Phi) is 6.73. The molecule has 2 heterocycles. The summed E-state index contributed by atoms with van der Waals surface area (Å²) in [5.74, 6) is 1.56. The molecule has 0 aromatic carbocycles. The summed E-state index contributed by atoms with van der Waals surface area (Å²) < 4.78 is 5.02. The molecule has 0 bridgehead atoms. The number of hydrogen-bond donors (Lipinski definition) is 1. The number of carbonyl (C=O) groups is 3. The van der Waals surface area contributed by atoms with E-state index in [2.05, 4.69) is 24.1 Å². The van der Waals surface area contributed by atoms with Crippen molar-refractivity contribution in [2.24, 2.45) is 34.5 Å². The first kappa shape index (κ1) is 25.7. The number of carbonyl (C=O) groups excluding carboxylic acids is 3. The largest absolute Gasteiger partial charge is 0.462 e. The summed E-state index contributed by atoms with van der Waals surface area (Å²) in [5.41, 5.74) is 1.10. The third-order valence-electron chi connectivity index (χ3n) is 9.89. The molecule has 0 unspecified atom stereocenters. The van der Waals surface area contributed by atoms with Crippen molar-refractivity contribution in [3.63, 3.8) is 0 Å². The Balaban J connectivity index is 1.29. The first-order valence-corrected chi connectivity index (χ1v) is 14.4. The minimum Gasteiger partial charge on any atom is -0.462 e. The topological polar surface area (TPSA) is 88.6 Å². The lowest BCUT2D eigenvalue weighted by Crippen LogP contribution is -2.54. The number of rotatable bonds is 5. The van der Waals surface area contributed by atoms with Gasteiger partial charge < -0.3 is 15.0 Å². The number of piperidine rings is 1. The summed E-state index contributed by atoms with van der Waals surface area (Å²) in [6, 6.07) is 0. The fraction of sp³-hybridized carbons (Fsp3) is 0.704. The average Bonchev–Trinajstić information content (AvgIpc) is 3.41. The molecule has 1 aromatic rings. The SMILES string of the molecule is CCOC(=O)c1cnc(NC(=O)C[C@H]2CC[C@H]3[C@@H]4CC(Cl)=C5N(C)C(=O)CC[C@]5(C)[C@H]4CC[C@]23C)s1. The van der Waals surface area contributed by atoms with E-state index in [4.69, 9.17) is 16.3 Å². The van der Waals surface area contributed by atoms with Crippen LogP contribution in [0.15, 0.2) is 16.9 Å². The summed E-state index contributed by atoms with van der Waals surface area (Å²) in [5, 5.41) is 4.21. The predicted molar refractivity (Wildman–Crippen MR) is 139 cm³/mol. The molecule has 5 rings (SSSR count). The molecule has 2 saturated carbocycles. The number of likely N-dealkylation sites (tertiary alicyclic amines) is 1. The lowest BCUT2D eigenvalue weighted by Gasteiger charge is -2.59. The van der Waals surface area contributed by atoms with Crippen LogP contribution in [0.25, 0.3) is 0 Å². The Morgan fingerprint density at radius 3 is 2.78 bits per heavy atom. The Labute approximate surface area is 222 Å². The summed E-state index contributed by atoms with van der Waals surface area (Å²) in [4.78, 5) is 43.8. The highest BCUT2D eigenvalue weighted by Crippen LogP contribution is 2.67. The summed E-state index contributed by atoms with van der Waals surface area (Å²) in [7, 11) is 1.88. The minimum atomic E-state index is -0.413. The number of amides is 2. The number of thiazole rings is 1. The van der Waals surface area contributed by atoms with Crippen LogP contribution in [0.2, 0.25) is 0 Å². The molecule has 4 aliphatic rings. The molecule has 1 saturated heterocycles. The van der Waals surface area contributed by atoms with Crippen molar-refractivity contribution in [3.05, 3.63) is 21.8 Å². The van der Waals surface area contributed by atoms with Crippen LogP contribution >= 0.6 is 22.9 Å². The number of nitrogens with one attached hydrogen (secondary N) is 1. The van der Waals surface area contributed by atoms with Gasteiger partial charge in [-0.2, -0.15) is 0 Å². The molecule has 196 valence electrons. The van der Waals surface area contributed by atoms with Crippen LogP contribution in [0.3, 0.4) is 0 Å². The molecule has 6 atom stereocenters. The number of aromatic nitrogens is 1. The molecule has 1 aliphatic heterocycles. The number of anilines is 1. The molecular formula is C27H36ClN3O4S. The maximum absolute atomic E-state index is 13.0. The normalized spacial score (nSPS) is 35.7. The molecule has 9 heteroatoms. The highest BCUT2D eigenvalue weighted by atomic mass is 35.5. The third-order valence-corrected chi connectivity index (χ3v) is 11.1. The second kappa shape index (κ2) is 9.43. The van der Waals surface area contributed by atoms with E-state index < -0.39 is 5.97 Å². The number of hydrogen-bond acceptors (Lipinski definition) is 6. The first-order valence-electron chi connectivity index (χ1n) is 13.2. The van der Waals surface area contributed by atoms with Crippen molar-refractivity contribution >= 4 is 45.9 Å². The molecule has 1 N–H and O–H groups in total. The van der Waals surface area contributed by atoms with Crippen molar-refractivity contribution in [2.75, 3.05) is 19.0 Å². The standard InChI is InChI=1S/C27H36ClN3O4S/c1-5-35-24(34)20-14-29-25(36-20)30-21(32)12-15-6-7-17-16-13-19(28)23-27(3,11-9-22(33)31(23)4)18(16)8-10-26(15,17)2/h14-18H,5-13H2,1-4H3,(H,29,30,32)/t15-,16+,17+,18+,26-,27-/m1/s1. The number of halogens is 1. The third kappa shape index (κ3) is 4.08. The van der Waals surface area contributed by atoms with Crippen LogP contribution in [-0.4, -0.2) is 41.3 Å². The zero-order chi connectivity index (χ0) is 25.8. The van der Waals surface area contributed by atoms with Gasteiger partial charge in [0.2, 0.25) is 11.8 Å². The summed E-state index contributed by atoms with van der Waals surface area (Å²) >= 11 is 8.08. The zero-order valence-corrected chi connectivity index (χ0v) is 23.1. The van der Waals surface area contributed by atoms with Crippen molar-refractivity contribution in [1.82, 2.24) is 9.88 Å². The fourth-order valence-corrected chi connectivity index (χ4v) is 9.39. The monoisotopic (exact) mass is 533 g/mol. The van der Waals surface area contributed by atoms with Crippen LogP contribution in [0.4, 0.5) is 5.13 Å². The Bertz CT molecular complexity index is 1120. The molecular weight excluding hydrogens is 498 g/mol. The predicted octanol–water partition coefficient (Wildman–Crippen LogP) is 5.82. The molecule has 7 nitrogen and oxygen atoms in total. The van der Waals surface area contributed by atoms with Crippen LogP contribution in [0, 0.1) is 34.5 Å². The van der Waals surface area contributed by atoms with E-state index in [1.54, 1.807) is 6.92 Å². The van der Waals surface area contributed by atoms with Crippen molar-refractivity contribution in [1.29, 1.82) is 0 Å². The molecule has 2 amide bonds. The summed E-state index contributed by atoms with van der Waals surface area (Å²) in [6.45, 7) is 6.77. The molecule has 1 aromatic heterocycles. The lowest BCUT2D eigenvalue weighted by atomic mass is 9.49. The average molecular weight is 534 g/mol. The number of fused-ring (bicyclic) bond motifs is 5. The maximum Gasteiger partial charge on any atom is 0.350 e. The van der Waals surface area contributed by atoms with E-state index >= 15 is 0 Å². The number of nitrogens with zero attached hydrogens (tertiary/aromatic N) is 2. The highest BCUT2D eigenvalue weighted by molar-refractivity contribution is 7.17. The number of allylic oxidation sites excluding steroid dienone is 2. The minimum absolute atomic E-state index is 0.0444. The van der Waals surface area contributed by atoms with E-state index in [0.29, 0.717) is 53.1 Å². The van der Waals surface area contributed by atoms with Gasteiger partial charge in [-0.1, -0.05) is 36.8 Å². The van der Waals surface area contributed by atoms with Gasteiger partial charge >= 0.3 is 5.97 Å². The molecule has 36 heavy (non-hydrogen) atoms. The second-order valence-corrected chi connectivity index (χ2v) is 13.0. The fourth-order valence-electron chi connectivity index (χ4n) is 8.15. The van der Waals surface area contributed by atoms with Crippen molar-refractivity contribution in [3.8, 4) is 0 Å². The zero-order valence-electron chi connectivity index (χ0n) is 21.6. The Morgan fingerprint density at radius 2 is 2.03 bits per heavy atom. The van der Waals surface area contributed by atoms with Gasteiger partial charge in [0.15, 0.2) is 5.13 Å². The van der Waals surface area contributed by atoms with Gasteiger partial charge in [0.25, 0.3) is 0 Å². The maximum atomic E-state index is 13.0. The summed E-state index contributed by atoms with van der Waals surface area (Å²) in [6.07, 6.45) is 8.57. The van der Waals surface area contributed by atoms with Crippen LogP contribution in [-0.2, 0) is 14.3 Å². The second-order valence-electron chi connectivity index (χ2n) is 11.5. The van der Waals surface area contributed by atoms with E-state index in [1.807, 2.05) is 11.9 Å². The Morgan fingerprint density at radius 1 is 1.25 bits per heavy atom. The van der Waals surface area contributed by atoms with E-state index in [9.17, 15) is 14.4 Å². The smallest absolute Gasteiger partial charge is 0.350 e.